The molecule has 0 aromatic carbocycles. The van der Waals surface area contributed by atoms with Gasteiger partial charge in [-0.05, 0) is 12.8 Å². The molecule has 0 saturated carbocycles. The van der Waals surface area contributed by atoms with Gasteiger partial charge in [0.2, 0.25) is 0 Å². The van der Waals surface area contributed by atoms with Crippen LogP contribution >= 0.6 is 0 Å². The Bertz CT molecular complexity index is 45.7. The molecular formula is C5H13NO2. The van der Waals surface area contributed by atoms with Crippen LogP contribution < -0.4 is 5.90 Å². The minimum Gasteiger partial charge on any atom is -0.396 e. The van der Waals surface area contributed by atoms with Crippen molar-refractivity contribution < 1.29 is 9.94 Å². The molecule has 0 aliphatic rings. The fraction of sp³-hybridized carbons (Fsp3) is 1.00. The van der Waals surface area contributed by atoms with Crippen LogP contribution in [0.3, 0.4) is 0 Å². The molecule has 0 aliphatic carbocycles. The first-order valence-corrected chi connectivity index (χ1v) is 2.81. The van der Waals surface area contributed by atoms with Crippen LogP contribution in [0.5, 0.6) is 0 Å². The topological polar surface area (TPSA) is 55.5 Å². The van der Waals surface area contributed by atoms with Crippen molar-refractivity contribution >= 4 is 0 Å². The Morgan fingerprint density at radius 1 is 1.75 bits per heavy atom. The number of nitrogens with two attached hydrogens (primary N) is 1. The van der Waals surface area contributed by atoms with E-state index in [1.165, 1.54) is 0 Å². The van der Waals surface area contributed by atoms with Gasteiger partial charge in [-0.3, -0.25) is 0 Å². The predicted molar refractivity (Wildman–Crippen MR) is 31.1 cm³/mol. The number of hydrogen-bond donors (Lipinski definition) is 2. The van der Waals surface area contributed by atoms with Gasteiger partial charge in [0.05, 0.1) is 6.10 Å². The molecule has 0 radical (unpaired) electrons. The summed E-state index contributed by atoms with van der Waals surface area (Å²) in [5.41, 5.74) is 0. The maximum Gasteiger partial charge on any atom is 0.0806 e. The van der Waals surface area contributed by atoms with E-state index < -0.39 is 0 Å². The molecular weight excluding hydrogens is 106 g/mol. The Balaban J connectivity index is 3.07. The molecule has 0 saturated heterocycles. The van der Waals surface area contributed by atoms with Crippen molar-refractivity contribution in [3.8, 4) is 0 Å². The van der Waals surface area contributed by atoms with Gasteiger partial charge in [0.15, 0.2) is 0 Å². The number of aliphatic hydroxyl groups excluding tert-OH is 1. The maximum atomic E-state index is 8.36. The molecule has 0 spiro atoms. The molecule has 8 heavy (non-hydrogen) atoms. The standard InChI is InChI=1S/C5H13NO2/c1-2-5(8-6)3-4-7/h5,7H,2-4,6H2,1H3. The number of rotatable bonds is 4. The van der Waals surface area contributed by atoms with Gasteiger partial charge in [0.1, 0.15) is 0 Å². The van der Waals surface area contributed by atoms with E-state index in [-0.39, 0.29) is 12.7 Å². The summed E-state index contributed by atoms with van der Waals surface area (Å²) in [6.45, 7) is 2.11. The molecule has 0 aliphatic heterocycles. The second-order valence-corrected chi connectivity index (χ2v) is 1.68. The van der Waals surface area contributed by atoms with Crippen molar-refractivity contribution in [3.05, 3.63) is 0 Å². The van der Waals surface area contributed by atoms with E-state index >= 15 is 0 Å². The summed E-state index contributed by atoms with van der Waals surface area (Å²) in [6, 6.07) is 0. The molecule has 1 atom stereocenters. The van der Waals surface area contributed by atoms with Crippen LogP contribution in [0.1, 0.15) is 19.8 Å². The molecule has 3 heteroatoms. The molecule has 0 bridgehead atoms. The van der Waals surface area contributed by atoms with E-state index in [1.807, 2.05) is 6.92 Å². The average molecular weight is 119 g/mol. The first kappa shape index (κ1) is 7.88. The zero-order valence-electron chi connectivity index (χ0n) is 5.13. The fourth-order valence-corrected chi connectivity index (χ4v) is 0.512. The van der Waals surface area contributed by atoms with Crippen LogP contribution in [-0.2, 0) is 4.84 Å². The lowest BCUT2D eigenvalue weighted by molar-refractivity contribution is 0.0330. The summed E-state index contributed by atoms with van der Waals surface area (Å²) in [5.74, 6) is 4.86. The van der Waals surface area contributed by atoms with Crippen molar-refractivity contribution in [2.45, 2.75) is 25.9 Å². The summed E-state index contributed by atoms with van der Waals surface area (Å²) < 4.78 is 0. The predicted octanol–water partition coefficient (Wildman–Crippen LogP) is 0.0377. The quantitative estimate of drug-likeness (QED) is 0.514. The van der Waals surface area contributed by atoms with Crippen LogP contribution in [0.25, 0.3) is 0 Å². The van der Waals surface area contributed by atoms with E-state index in [0.717, 1.165) is 6.42 Å². The zero-order chi connectivity index (χ0) is 6.41. The average Bonchev–Trinajstić information content (AvgIpc) is 1.83. The SMILES string of the molecule is CCC(CCO)ON. The lowest BCUT2D eigenvalue weighted by Gasteiger charge is -2.08. The summed E-state index contributed by atoms with van der Waals surface area (Å²) in [5, 5.41) is 8.36. The van der Waals surface area contributed by atoms with Gasteiger partial charge in [0.25, 0.3) is 0 Å². The third-order valence-electron chi connectivity index (χ3n) is 1.10. The van der Waals surface area contributed by atoms with Crippen molar-refractivity contribution in [2.75, 3.05) is 6.61 Å². The highest BCUT2D eigenvalue weighted by Crippen LogP contribution is 1.97. The molecule has 0 heterocycles. The third kappa shape index (κ3) is 2.96. The molecule has 0 fully saturated rings. The molecule has 0 aromatic heterocycles. The first-order valence-electron chi connectivity index (χ1n) is 2.81. The van der Waals surface area contributed by atoms with E-state index in [0.29, 0.717) is 6.42 Å². The Labute approximate surface area is 49.4 Å². The molecule has 1 unspecified atom stereocenters. The molecule has 0 rings (SSSR count). The van der Waals surface area contributed by atoms with Gasteiger partial charge in [-0.2, -0.15) is 0 Å². The summed E-state index contributed by atoms with van der Waals surface area (Å²) in [4.78, 5) is 4.48. The van der Waals surface area contributed by atoms with Crippen molar-refractivity contribution in [2.24, 2.45) is 5.90 Å². The number of aliphatic hydroxyl groups is 1. The maximum absolute atomic E-state index is 8.36. The highest BCUT2D eigenvalue weighted by atomic mass is 16.6. The largest absolute Gasteiger partial charge is 0.396 e. The van der Waals surface area contributed by atoms with Crippen molar-refractivity contribution in [3.63, 3.8) is 0 Å². The highest BCUT2D eigenvalue weighted by Gasteiger charge is 2.01. The normalized spacial score (nSPS) is 13.9. The van der Waals surface area contributed by atoms with Gasteiger partial charge in [0, 0.05) is 6.61 Å². The third-order valence-corrected chi connectivity index (χ3v) is 1.10. The van der Waals surface area contributed by atoms with Crippen LogP contribution in [-0.4, -0.2) is 17.8 Å². The smallest absolute Gasteiger partial charge is 0.0806 e. The Morgan fingerprint density at radius 3 is 2.50 bits per heavy atom. The Hall–Kier alpha value is -0.120. The lowest BCUT2D eigenvalue weighted by atomic mass is 10.2. The first-order chi connectivity index (χ1) is 3.85. The second-order valence-electron chi connectivity index (χ2n) is 1.68. The van der Waals surface area contributed by atoms with Crippen LogP contribution in [0, 0.1) is 0 Å². The summed E-state index contributed by atoms with van der Waals surface area (Å²) in [6.07, 6.45) is 1.52. The zero-order valence-corrected chi connectivity index (χ0v) is 5.13. The lowest BCUT2D eigenvalue weighted by Crippen LogP contribution is -2.17. The molecule has 50 valence electrons. The number of hydrogen-bond acceptors (Lipinski definition) is 3. The van der Waals surface area contributed by atoms with Crippen LogP contribution in [0.4, 0.5) is 0 Å². The molecule has 3 N–H and O–H groups in total. The Morgan fingerprint density at radius 2 is 2.38 bits per heavy atom. The van der Waals surface area contributed by atoms with Gasteiger partial charge >= 0.3 is 0 Å². The highest BCUT2D eigenvalue weighted by molar-refractivity contribution is 4.50. The summed E-state index contributed by atoms with van der Waals surface area (Å²) in [7, 11) is 0. The second kappa shape index (κ2) is 5.03. The van der Waals surface area contributed by atoms with Gasteiger partial charge in [-0.25, -0.2) is 5.90 Å². The minimum atomic E-state index is 0.0278. The van der Waals surface area contributed by atoms with E-state index in [1.54, 1.807) is 0 Å². The van der Waals surface area contributed by atoms with Crippen LogP contribution in [0.2, 0.25) is 0 Å². The van der Waals surface area contributed by atoms with Crippen LogP contribution in [0.15, 0.2) is 0 Å². The van der Waals surface area contributed by atoms with Gasteiger partial charge in [-0.15, -0.1) is 0 Å². The minimum absolute atomic E-state index is 0.0278. The summed E-state index contributed by atoms with van der Waals surface area (Å²) >= 11 is 0. The van der Waals surface area contributed by atoms with Crippen molar-refractivity contribution in [1.82, 2.24) is 0 Å². The van der Waals surface area contributed by atoms with Gasteiger partial charge in [-0.1, -0.05) is 6.92 Å². The van der Waals surface area contributed by atoms with Gasteiger partial charge < -0.3 is 9.94 Å². The molecule has 0 amide bonds. The molecule has 3 nitrogen and oxygen atoms in total. The van der Waals surface area contributed by atoms with E-state index in [4.69, 9.17) is 11.0 Å². The van der Waals surface area contributed by atoms with Crippen molar-refractivity contribution in [1.29, 1.82) is 0 Å². The van der Waals surface area contributed by atoms with E-state index in [9.17, 15) is 0 Å². The van der Waals surface area contributed by atoms with E-state index in [2.05, 4.69) is 4.84 Å². The fourth-order valence-electron chi connectivity index (χ4n) is 0.512. The monoisotopic (exact) mass is 119 g/mol. The Kier molecular flexibility index (Phi) is 4.95. The molecule has 0 aromatic rings.